The second kappa shape index (κ2) is 11.2. The molecule has 1 rings (SSSR count). The minimum atomic E-state index is -0.899. The molecule has 0 bridgehead atoms. The number of rotatable bonds is 10. The number of carbonyl (C=O) groups excluding carboxylic acids is 2. The van der Waals surface area contributed by atoms with Crippen LogP contribution in [0.25, 0.3) is 0 Å². The fourth-order valence-corrected chi connectivity index (χ4v) is 2.41. The Bertz CT molecular complexity index is 552. The minimum absolute atomic E-state index is 0.0139. The molecule has 5 N–H and O–H groups in total. The summed E-state index contributed by atoms with van der Waals surface area (Å²) in [5.74, 6) is -3.54. The Hall–Kier alpha value is -2.44. The van der Waals surface area contributed by atoms with E-state index in [1.54, 1.807) is 0 Å². The number of unbranched alkanes of at least 4 members (excludes halogenated alkanes) is 7. The molecule has 25 heavy (non-hydrogen) atoms. The Morgan fingerprint density at radius 2 is 1.36 bits per heavy atom. The van der Waals surface area contributed by atoms with Gasteiger partial charge in [-0.05, 0) is 6.42 Å². The SMILES string of the molecule is CCCCCCCCCCNC(=O)C(=O)Nc1cc(O)c(O)c(O)c1. The first-order valence-electron chi connectivity index (χ1n) is 8.79. The maximum Gasteiger partial charge on any atom is 0.313 e. The van der Waals surface area contributed by atoms with Crippen molar-refractivity contribution in [2.24, 2.45) is 0 Å². The molecule has 0 atom stereocenters. The number of hydrogen-bond acceptors (Lipinski definition) is 5. The summed E-state index contributed by atoms with van der Waals surface area (Å²) in [6, 6.07) is 2.08. The first kappa shape index (κ1) is 20.6. The molecule has 0 aliphatic heterocycles. The average Bonchev–Trinajstić information content (AvgIpc) is 2.57. The number of phenolic OH excluding ortho intramolecular Hbond substituents is 3. The van der Waals surface area contributed by atoms with Crippen LogP contribution in [0.2, 0.25) is 0 Å². The highest BCUT2D eigenvalue weighted by molar-refractivity contribution is 6.39. The van der Waals surface area contributed by atoms with E-state index in [1.165, 1.54) is 32.1 Å². The monoisotopic (exact) mass is 352 g/mol. The smallest absolute Gasteiger partial charge is 0.313 e. The van der Waals surface area contributed by atoms with E-state index in [0.29, 0.717) is 6.54 Å². The summed E-state index contributed by atoms with van der Waals surface area (Å²) in [7, 11) is 0. The molecule has 7 nitrogen and oxygen atoms in total. The van der Waals surface area contributed by atoms with Crippen molar-refractivity contribution in [1.82, 2.24) is 5.32 Å². The zero-order chi connectivity index (χ0) is 18.7. The summed E-state index contributed by atoms with van der Waals surface area (Å²) in [4.78, 5) is 23.4. The van der Waals surface area contributed by atoms with Crippen molar-refractivity contribution in [2.45, 2.75) is 58.3 Å². The molecule has 0 saturated carbocycles. The van der Waals surface area contributed by atoms with Gasteiger partial charge in [-0.3, -0.25) is 9.59 Å². The summed E-state index contributed by atoms with van der Waals surface area (Å²) in [6.45, 7) is 2.61. The third-order valence-corrected chi connectivity index (χ3v) is 3.85. The van der Waals surface area contributed by atoms with Gasteiger partial charge in [-0.15, -0.1) is 0 Å². The Balaban J connectivity index is 2.21. The third-order valence-electron chi connectivity index (χ3n) is 3.85. The van der Waals surface area contributed by atoms with E-state index in [9.17, 15) is 24.9 Å². The molecule has 0 heterocycles. The third kappa shape index (κ3) is 7.78. The molecule has 0 fully saturated rings. The van der Waals surface area contributed by atoms with Crippen LogP contribution >= 0.6 is 0 Å². The lowest BCUT2D eigenvalue weighted by molar-refractivity contribution is -0.136. The molecule has 1 aromatic carbocycles. The van der Waals surface area contributed by atoms with Crippen molar-refractivity contribution >= 4 is 17.5 Å². The molecule has 0 spiro atoms. The number of carbonyl (C=O) groups is 2. The van der Waals surface area contributed by atoms with Gasteiger partial charge >= 0.3 is 11.8 Å². The second-order valence-corrected chi connectivity index (χ2v) is 6.05. The number of aromatic hydroxyl groups is 3. The van der Waals surface area contributed by atoms with Crippen molar-refractivity contribution in [3.8, 4) is 17.2 Å². The quantitative estimate of drug-likeness (QED) is 0.192. The maximum absolute atomic E-state index is 11.7. The molecule has 140 valence electrons. The molecule has 0 aliphatic rings. The molecule has 0 aliphatic carbocycles. The number of amides is 2. The van der Waals surface area contributed by atoms with Gasteiger partial charge in [0.1, 0.15) is 0 Å². The molecule has 0 saturated heterocycles. The Kier molecular flexibility index (Phi) is 9.21. The fraction of sp³-hybridized carbons (Fsp3) is 0.556. The predicted octanol–water partition coefficient (Wildman–Crippen LogP) is 3.00. The van der Waals surface area contributed by atoms with Gasteiger partial charge in [-0.2, -0.15) is 0 Å². The first-order valence-corrected chi connectivity index (χ1v) is 8.79. The van der Waals surface area contributed by atoms with E-state index in [-0.39, 0.29) is 5.69 Å². The lowest BCUT2D eigenvalue weighted by atomic mass is 10.1. The lowest BCUT2D eigenvalue weighted by Crippen LogP contribution is -2.35. The van der Waals surface area contributed by atoms with Crippen molar-refractivity contribution in [2.75, 3.05) is 11.9 Å². The minimum Gasteiger partial charge on any atom is -0.504 e. The zero-order valence-electron chi connectivity index (χ0n) is 14.7. The second-order valence-electron chi connectivity index (χ2n) is 6.05. The molecule has 0 unspecified atom stereocenters. The highest BCUT2D eigenvalue weighted by Gasteiger charge is 2.15. The highest BCUT2D eigenvalue weighted by atomic mass is 16.3. The van der Waals surface area contributed by atoms with Crippen LogP contribution < -0.4 is 10.6 Å². The highest BCUT2D eigenvalue weighted by Crippen LogP contribution is 2.37. The number of phenols is 3. The van der Waals surface area contributed by atoms with Gasteiger partial charge in [0.25, 0.3) is 0 Å². The molecule has 7 heteroatoms. The summed E-state index contributed by atoms with van der Waals surface area (Å²) >= 11 is 0. The van der Waals surface area contributed by atoms with Crippen molar-refractivity contribution < 1.29 is 24.9 Å². The Labute approximate surface area is 148 Å². The van der Waals surface area contributed by atoms with Crippen LogP contribution in [0.3, 0.4) is 0 Å². The topological polar surface area (TPSA) is 119 Å². The maximum atomic E-state index is 11.7. The summed E-state index contributed by atoms with van der Waals surface area (Å²) in [5, 5.41) is 32.7. The van der Waals surface area contributed by atoms with Gasteiger partial charge in [0.05, 0.1) is 0 Å². The molecule has 0 radical (unpaired) electrons. The number of anilines is 1. The molecule has 0 aromatic heterocycles. The van der Waals surface area contributed by atoms with Crippen molar-refractivity contribution in [1.29, 1.82) is 0 Å². The van der Waals surface area contributed by atoms with Gasteiger partial charge in [-0.25, -0.2) is 0 Å². The molecule has 2 amide bonds. The predicted molar refractivity (Wildman–Crippen MR) is 95.7 cm³/mol. The van der Waals surface area contributed by atoms with E-state index in [4.69, 9.17) is 0 Å². The Morgan fingerprint density at radius 3 is 1.92 bits per heavy atom. The van der Waals surface area contributed by atoms with Crippen LogP contribution in [0.15, 0.2) is 12.1 Å². The largest absolute Gasteiger partial charge is 0.504 e. The van der Waals surface area contributed by atoms with Crippen LogP contribution in [-0.2, 0) is 9.59 Å². The average molecular weight is 352 g/mol. The van der Waals surface area contributed by atoms with Gasteiger partial charge in [-0.1, -0.05) is 51.9 Å². The normalized spacial score (nSPS) is 10.4. The summed E-state index contributed by atoms with van der Waals surface area (Å²) in [6.07, 6.45) is 9.17. The summed E-state index contributed by atoms with van der Waals surface area (Å²) < 4.78 is 0. The van der Waals surface area contributed by atoms with Crippen LogP contribution in [0.5, 0.6) is 17.2 Å². The van der Waals surface area contributed by atoms with Crippen molar-refractivity contribution in [3.63, 3.8) is 0 Å². The first-order chi connectivity index (χ1) is 12.0. The van der Waals surface area contributed by atoms with Crippen LogP contribution in [0.4, 0.5) is 5.69 Å². The van der Waals surface area contributed by atoms with Gasteiger partial charge in [0, 0.05) is 24.4 Å². The van der Waals surface area contributed by atoms with Gasteiger partial charge in [0.15, 0.2) is 17.2 Å². The van der Waals surface area contributed by atoms with Crippen LogP contribution in [0, 0.1) is 0 Å². The zero-order valence-corrected chi connectivity index (χ0v) is 14.7. The van der Waals surface area contributed by atoms with Gasteiger partial charge < -0.3 is 26.0 Å². The molecular formula is C18H28N2O5. The molecule has 1 aromatic rings. The van der Waals surface area contributed by atoms with Crippen LogP contribution in [-0.4, -0.2) is 33.7 Å². The summed E-state index contributed by atoms with van der Waals surface area (Å²) in [5.41, 5.74) is 0.0139. The van der Waals surface area contributed by atoms with E-state index in [2.05, 4.69) is 17.6 Å². The number of nitrogens with one attached hydrogen (secondary N) is 2. The van der Waals surface area contributed by atoms with E-state index in [0.717, 1.165) is 31.4 Å². The standard InChI is InChI=1S/C18H28N2O5/c1-2-3-4-5-6-7-8-9-10-19-17(24)18(25)20-13-11-14(21)16(23)15(22)12-13/h11-12,21-23H,2-10H2,1H3,(H,19,24)(H,20,25). The van der Waals surface area contributed by atoms with E-state index < -0.39 is 29.1 Å². The van der Waals surface area contributed by atoms with E-state index >= 15 is 0 Å². The Morgan fingerprint density at radius 1 is 0.840 bits per heavy atom. The lowest BCUT2D eigenvalue weighted by Gasteiger charge is -2.08. The van der Waals surface area contributed by atoms with Crippen molar-refractivity contribution in [3.05, 3.63) is 12.1 Å². The number of benzene rings is 1. The fourth-order valence-electron chi connectivity index (χ4n) is 2.41. The number of hydrogen-bond donors (Lipinski definition) is 5. The van der Waals surface area contributed by atoms with Crippen LogP contribution in [0.1, 0.15) is 58.3 Å². The van der Waals surface area contributed by atoms with Gasteiger partial charge in [0.2, 0.25) is 0 Å². The molecular weight excluding hydrogens is 324 g/mol. The van der Waals surface area contributed by atoms with E-state index in [1.807, 2.05) is 0 Å².